The van der Waals surface area contributed by atoms with Gasteiger partial charge in [0.2, 0.25) is 0 Å². The van der Waals surface area contributed by atoms with E-state index < -0.39 is 11.6 Å². The topological polar surface area (TPSA) is 116 Å². The highest BCUT2D eigenvalue weighted by Gasteiger charge is 2.17. The van der Waals surface area contributed by atoms with Crippen LogP contribution in [0.4, 0.5) is 26.0 Å². The number of nitrogens with one attached hydrogen (secondary N) is 3. The van der Waals surface area contributed by atoms with E-state index in [2.05, 4.69) is 25.6 Å². The lowest BCUT2D eigenvalue weighted by atomic mass is 10.1. The fraction of sp³-hybridized carbons (Fsp3) is 0.154. The fourth-order valence-electron chi connectivity index (χ4n) is 3.49. The van der Waals surface area contributed by atoms with Crippen molar-refractivity contribution in [3.05, 3.63) is 95.2 Å². The zero-order chi connectivity index (χ0) is 25.7. The van der Waals surface area contributed by atoms with Gasteiger partial charge in [0.05, 0.1) is 12.8 Å². The number of hydrogen-bond donors (Lipinski definition) is 4. The van der Waals surface area contributed by atoms with E-state index in [9.17, 15) is 13.9 Å². The van der Waals surface area contributed by atoms with Gasteiger partial charge in [-0.25, -0.2) is 18.7 Å². The van der Waals surface area contributed by atoms with Crippen molar-refractivity contribution < 1.29 is 18.6 Å². The smallest absolute Gasteiger partial charge is 0.180 e. The summed E-state index contributed by atoms with van der Waals surface area (Å²) in [6, 6.07) is 10.8. The summed E-state index contributed by atoms with van der Waals surface area (Å²) in [7, 11) is 0. The van der Waals surface area contributed by atoms with Crippen molar-refractivity contribution in [3.63, 3.8) is 0 Å². The van der Waals surface area contributed by atoms with Gasteiger partial charge in [-0.15, -0.1) is 0 Å². The van der Waals surface area contributed by atoms with E-state index in [1.165, 1.54) is 6.20 Å². The molecule has 0 aliphatic rings. The Hall–Kier alpha value is -4.60. The lowest BCUT2D eigenvalue weighted by Crippen LogP contribution is -2.13. The number of nitrogens with zero attached hydrogens (tertiary/aromatic N) is 3. The minimum absolute atomic E-state index is 0.0414. The lowest BCUT2D eigenvalue weighted by Gasteiger charge is -2.15. The van der Waals surface area contributed by atoms with Crippen molar-refractivity contribution in [1.29, 1.82) is 5.41 Å². The van der Waals surface area contributed by atoms with E-state index in [4.69, 9.17) is 10.1 Å². The predicted molar refractivity (Wildman–Crippen MR) is 133 cm³/mol. The number of benzene rings is 2. The number of ether oxygens (including phenoxy) is 1. The molecule has 4 rings (SSSR count). The zero-order valence-electron chi connectivity index (χ0n) is 19.6. The summed E-state index contributed by atoms with van der Waals surface area (Å²) in [6.45, 7) is 3.73. The molecule has 36 heavy (non-hydrogen) atoms. The average Bonchev–Trinajstić information content (AvgIpc) is 2.86. The van der Waals surface area contributed by atoms with Gasteiger partial charge >= 0.3 is 0 Å². The molecule has 2 aromatic carbocycles. The molecule has 0 aliphatic carbocycles. The van der Waals surface area contributed by atoms with Crippen LogP contribution >= 0.6 is 0 Å². The maximum Gasteiger partial charge on any atom is 0.180 e. The molecule has 0 bridgehead atoms. The first-order chi connectivity index (χ1) is 17.4. The van der Waals surface area contributed by atoms with Gasteiger partial charge < -0.3 is 20.5 Å². The van der Waals surface area contributed by atoms with Gasteiger partial charge in [-0.2, -0.15) is 0 Å². The summed E-state index contributed by atoms with van der Waals surface area (Å²) in [5.74, 6) is -1.35. The largest absolute Gasteiger partial charge is 0.503 e. The minimum Gasteiger partial charge on any atom is -0.503 e. The molecule has 0 saturated heterocycles. The molecule has 4 N–H and O–H groups in total. The SMILES string of the molecule is CCOc1cc(F)c(CNc2ccccc2C(=N)c2ncc(O)c(Nc3ccncc3C)n2)c(F)c1. The second-order valence-electron chi connectivity index (χ2n) is 7.82. The van der Waals surface area contributed by atoms with Gasteiger partial charge in [0.25, 0.3) is 0 Å². The van der Waals surface area contributed by atoms with Crippen LogP contribution in [0.1, 0.15) is 29.4 Å². The summed E-state index contributed by atoms with van der Waals surface area (Å²) < 4.78 is 34.2. The van der Waals surface area contributed by atoms with Crippen LogP contribution < -0.4 is 15.4 Å². The van der Waals surface area contributed by atoms with Crippen molar-refractivity contribution in [2.45, 2.75) is 20.4 Å². The maximum absolute atomic E-state index is 14.5. The Morgan fingerprint density at radius 2 is 1.83 bits per heavy atom. The molecule has 2 aromatic heterocycles. The predicted octanol–water partition coefficient (Wildman–Crippen LogP) is 5.33. The Kier molecular flexibility index (Phi) is 7.33. The monoisotopic (exact) mass is 490 g/mol. The molecule has 8 nitrogen and oxygen atoms in total. The molecule has 0 unspecified atom stereocenters. The number of aromatic hydroxyl groups is 1. The summed E-state index contributed by atoms with van der Waals surface area (Å²) in [4.78, 5) is 12.5. The average molecular weight is 491 g/mol. The number of pyridine rings is 1. The molecular weight excluding hydrogens is 466 g/mol. The molecule has 184 valence electrons. The number of hydrogen-bond acceptors (Lipinski definition) is 8. The van der Waals surface area contributed by atoms with Crippen molar-refractivity contribution in [2.75, 3.05) is 17.2 Å². The van der Waals surface area contributed by atoms with Crippen LogP contribution in [0, 0.1) is 24.0 Å². The van der Waals surface area contributed by atoms with Gasteiger partial charge in [0.15, 0.2) is 17.4 Å². The summed E-state index contributed by atoms with van der Waals surface area (Å²) >= 11 is 0. The maximum atomic E-state index is 14.5. The third kappa shape index (κ3) is 5.38. The number of rotatable bonds is 9. The Bertz CT molecular complexity index is 1390. The van der Waals surface area contributed by atoms with Crippen LogP contribution in [0.5, 0.6) is 11.5 Å². The highest BCUT2D eigenvalue weighted by Crippen LogP contribution is 2.27. The zero-order valence-corrected chi connectivity index (χ0v) is 19.6. The van der Waals surface area contributed by atoms with Crippen LogP contribution in [-0.4, -0.2) is 32.4 Å². The van der Waals surface area contributed by atoms with Crippen molar-refractivity contribution in [3.8, 4) is 11.5 Å². The third-order valence-electron chi connectivity index (χ3n) is 5.34. The molecule has 0 aliphatic heterocycles. The fourth-order valence-corrected chi connectivity index (χ4v) is 3.49. The second kappa shape index (κ2) is 10.8. The van der Waals surface area contributed by atoms with Crippen LogP contribution in [0.15, 0.2) is 61.1 Å². The van der Waals surface area contributed by atoms with Crippen molar-refractivity contribution >= 4 is 22.9 Å². The standard InChI is InChI=1S/C26H24F2N6O2/c1-3-36-16-10-19(27)18(20(28)11-16)13-31-22-7-5-4-6-17(22)24(29)26-32-14-23(35)25(34-26)33-21-8-9-30-12-15(21)2/h4-12,14,29,31,35H,3,13H2,1-2H3,(H,30,32,33,34). The third-order valence-corrected chi connectivity index (χ3v) is 5.34. The molecule has 4 aromatic rings. The summed E-state index contributed by atoms with van der Waals surface area (Å²) in [5.41, 5.74) is 2.22. The Balaban J connectivity index is 1.58. The van der Waals surface area contributed by atoms with E-state index in [0.717, 1.165) is 17.7 Å². The lowest BCUT2D eigenvalue weighted by molar-refractivity contribution is 0.335. The van der Waals surface area contributed by atoms with Gasteiger partial charge in [-0.05, 0) is 31.5 Å². The van der Waals surface area contributed by atoms with E-state index in [0.29, 0.717) is 23.5 Å². The van der Waals surface area contributed by atoms with Crippen LogP contribution in [0.25, 0.3) is 0 Å². The second-order valence-corrected chi connectivity index (χ2v) is 7.82. The number of anilines is 3. The van der Waals surface area contributed by atoms with Gasteiger partial charge in [0, 0.05) is 53.6 Å². The Morgan fingerprint density at radius 3 is 2.56 bits per heavy atom. The van der Waals surface area contributed by atoms with E-state index in [1.807, 2.05) is 6.92 Å². The number of aryl methyl sites for hydroxylation is 1. The quantitative estimate of drug-likeness (QED) is 0.234. The highest BCUT2D eigenvalue weighted by atomic mass is 19.1. The highest BCUT2D eigenvalue weighted by molar-refractivity contribution is 6.12. The van der Waals surface area contributed by atoms with Crippen molar-refractivity contribution in [2.24, 2.45) is 0 Å². The molecule has 0 saturated carbocycles. The first-order valence-corrected chi connectivity index (χ1v) is 11.1. The first kappa shape index (κ1) is 24.5. The first-order valence-electron chi connectivity index (χ1n) is 11.1. The molecule has 2 heterocycles. The van der Waals surface area contributed by atoms with Gasteiger partial charge in [-0.3, -0.25) is 10.4 Å². The van der Waals surface area contributed by atoms with Crippen molar-refractivity contribution in [1.82, 2.24) is 15.0 Å². The molecule has 10 heteroatoms. The van der Waals surface area contributed by atoms with E-state index in [-0.39, 0.29) is 41.0 Å². The van der Waals surface area contributed by atoms with E-state index >= 15 is 0 Å². The van der Waals surface area contributed by atoms with E-state index in [1.54, 1.807) is 49.6 Å². The van der Waals surface area contributed by atoms with Crippen LogP contribution in [0.2, 0.25) is 0 Å². The van der Waals surface area contributed by atoms with Gasteiger partial charge in [0.1, 0.15) is 23.1 Å². The normalized spacial score (nSPS) is 10.7. The molecule has 0 amide bonds. The number of halogens is 2. The molecule has 0 radical (unpaired) electrons. The molecule has 0 spiro atoms. The number of aromatic nitrogens is 3. The van der Waals surface area contributed by atoms with Crippen LogP contribution in [0.3, 0.4) is 0 Å². The van der Waals surface area contributed by atoms with Gasteiger partial charge in [-0.1, -0.05) is 18.2 Å². The molecular formula is C26H24F2N6O2. The summed E-state index contributed by atoms with van der Waals surface area (Å²) in [5, 5.41) is 25.0. The number of para-hydroxylation sites is 1. The van der Waals surface area contributed by atoms with Crippen LogP contribution in [-0.2, 0) is 6.54 Å². The minimum atomic E-state index is -0.734. The summed E-state index contributed by atoms with van der Waals surface area (Å²) in [6.07, 6.45) is 4.48. The molecule has 0 atom stereocenters. The molecule has 0 fully saturated rings. The Morgan fingerprint density at radius 1 is 1.08 bits per heavy atom. The Labute approximate surface area is 206 Å².